The second-order valence-electron chi connectivity index (χ2n) is 3.04. The third-order valence-electron chi connectivity index (χ3n) is 1.62. The molecule has 1 rings (SSSR count). The summed E-state index contributed by atoms with van der Waals surface area (Å²) in [4.78, 5) is 19.4. The Bertz CT molecular complexity index is 336. The number of rotatable bonds is 3. The molecule has 0 unspecified atom stereocenters. The van der Waals surface area contributed by atoms with Gasteiger partial charge in [0, 0.05) is 0 Å². The number of hydrogen-bond donors (Lipinski definition) is 4. The molecule has 0 spiro atoms. The van der Waals surface area contributed by atoms with Crippen LogP contribution in [-0.2, 0) is 11.2 Å². The molecular formula is C10H15N3O3. The van der Waals surface area contributed by atoms with Crippen molar-refractivity contribution in [3.8, 4) is 0 Å². The minimum absolute atomic E-state index is 0.385. The van der Waals surface area contributed by atoms with Crippen LogP contribution in [0.3, 0.4) is 0 Å². The highest BCUT2D eigenvalue weighted by atomic mass is 16.4. The van der Waals surface area contributed by atoms with Crippen LogP contribution in [0.15, 0.2) is 30.3 Å². The molecule has 0 radical (unpaired) electrons. The first-order chi connectivity index (χ1) is 7.43. The number of benzene rings is 1. The highest BCUT2D eigenvalue weighted by molar-refractivity contribution is 5.73. The number of carbonyl (C=O) groups is 2. The Morgan fingerprint density at radius 3 is 2.00 bits per heavy atom. The summed E-state index contributed by atoms with van der Waals surface area (Å²) in [6, 6.07) is 7.71. The van der Waals surface area contributed by atoms with Gasteiger partial charge in [0.05, 0.1) is 0 Å². The van der Waals surface area contributed by atoms with Gasteiger partial charge in [0.15, 0.2) is 0 Å². The van der Waals surface area contributed by atoms with Crippen molar-refractivity contribution in [2.75, 3.05) is 0 Å². The summed E-state index contributed by atoms with van der Waals surface area (Å²) in [6.45, 7) is 0. The van der Waals surface area contributed by atoms with E-state index in [1.165, 1.54) is 0 Å². The van der Waals surface area contributed by atoms with E-state index in [2.05, 4.69) is 11.5 Å². The van der Waals surface area contributed by atoms with Gasteiger partial charge in [0.1, 0.15) is 6.04 Å². The summed E-state index contributed by atoms with van der Waals surface area (Å²) >= 11 is 0. The van der Waals surface area contributed by atoms with Gasteiger partial charge in [-0.25, -0.2) is 4.79 Å². The van der Waals surface area contributed by atoms with E-state index in [0.29, 0.717) is 6.42 Å². The van der Waals surface area contributed by atoms with Gasteiger partial charge in [-0.05, 0) is 12.0 Å². The average Bonchev–Trinajstić information content (AvgIpc) is 2.18. The molecule has 0 aromatic heterocycles. The summed E-state index contributed by atoms with van der Waals surface area (Å²) in [5, 5.41) is 8.52. The third-order valence-corrected chi connectivity index (χ3v) is 1.62. The molecule has 7 N–H and O–H groups in total. The number of nitrogens with two attached hydrogens (primary N) is 3. The van der Waals surface area contributed by atoms with Gasteiger partial charge in [-0.3, -0.25) is 4.79 Å². The van der Waals surface area contributed by atoms with Gasteiger partial charge in [-0.2, -0.15) is 0 Å². The minimum Gasteiger partial charge on any atom is -0.480 e. The molecular weight excluding hydrogens is 210 g/mol. The summed E-state index contributed by atoms with van der Waals surface area (Å²) in [5.41, 5.74) is 14.8. The van der Waals surface area contributed by atoms with E-state index in [-0.39, 0.29) is 0 Å². The summed E-state index contributed by atoms with van der Waals surface area (Å²) in [7, 11) is 0. The zero-order chi connectivity index (χ0) is 12.6. The van der Waals surface area contributed by atoms with Crippen molar-refractivity contribution in [2.45, 2.75) is 12.5 Å². The standard InChI is InChI=1S/C9H11NO2.CH4N2O/c10-8(9(11)12)6-7-4-2-1-3-5-7;2-1(3)4/h1-5,8H,6,10H2,(H,11,12);(H4,2,3,4)/t8-;/m0./s1. The van der Waals surface area contributed by atoms with Crippen molar-refractivity contribution in [1.29, 1.82) is 0 Å². The number of carboxylic acids is 1. The van der Waals surface area contributed by atoms with Gasteiger partial charge >= 0.3 is 12.0 Å². The van der Waals surface area contributed by atoms with Crippen molar-refractivity contribution in [3.63, 3.8) is 0 Å². The normalized spacial score (nSPS) is 10.8. The van der Waals surface area contributed by atoms with Gasteiger partial charge < -0.3 is 22.3 Å². The number of carbonyl (C=O) groups excluding carboxylic acids is 1. The van der Waals surface area contributed by atoms with E-state index in [1.54, 1.807) is 0 Å². The monoisotopic (exact) mass is 225 g/mol. The maximum atomic E-state index is 10.4. The van der Waals surface area contributed by atoms with Crippen LogP contribution in [-0.4, -0.2) is 23.1 Å². The Kier molecular flexibility index (Phi) is 6.30. The molecule has 0 saturated heterocycles. The van der Waals surface area contributed by atoms with Crippen molar-refractivity contribution < 1.29 is 14.7 Å². The van der Waals surface area contributed by atoms with E-state index >= 15 is 0 Å². The third kappa shape index (κ3) is 7.34. The van der Waals surface area contributed by atoms with E-state index in [1.807, 2.05) is 30.3 Å². The number of aliphatic carboxylic acids is 1. The van der Waals surface area contributed by atoms with E-state index < -0.39 is 18.0 Å². The first-order valence-electron chi connectivity index (χ1n) is 4.50. The van der Waals surface area contributed by atoms with Gasteiger partial charge in [-0.1, -0.05) is 30.3 Å². The number of urea groups is 1. The Labute approximate surface area is 93.0 Å². The van der Waals surface area contributed by atoms with Crippen molar-refractivity contribution in [1.82, 2.24) is 0 Å². The van der Waals surface area contributed by atoms with Gasteiger partial charge in [0.25, 0.3) is 0 Å². The Balaban J connectivity index is 0.000000487. The Morgan fingerprint density at radius 2 is 1.62 bits per heavy atom. The average molecular weight is 225 g/mol. The molecule has 88 valence electrons. The smallest absolute Gasteiger partial charge is 0.320 e. The summed E-state index contributed by atoms with van der Waals surface area (Å²) in [5.74, 6) is -0.959. The highest BCUT2D eigenvalue weighted by Crippen LogP contribution is 2.01. The molecule has 0 heterocycles. The molecule has 0 saturated carbocycles. The van der Waals surface area contributed by atoms with Crippen LogP contribution in [0.2, 0.25) is 0 Å². The molecule has 1 aromatic rings. The van der Waals surface area contributed by atoms with E-state index in [0.717, 1.165) is 5.56 Å². The minimum atomic E-state index is -0.959. The lowest BCUT2D eigenvalue weighted by atomic mass is 10.1. The summed E-state index contributed by atoms with van der Waals surface area (Å²) < 4.78 is 0. The quantitative estimate of drug-likeness (QED) is 0.560. The molecule has 0 bridgehead atoms. The lowest BCUT2D eigenvalue weighted by Crippen LogP contribution is -2.32. The first kappa shape index (κ1) is 13.9. The predicted molar refractivity (Wildman–Crippen MR) is 59.5 cm³/mol. The Morgan fingerprint density at radius 1 is 1.19 bits per heavy atom. The van der Waals surface area contributed by atoms with E-state index in [9.17, 15) is 4.79 Å². The van der Waals surface area contributed by atoms with Crippen LogP contribution >= 0.6 is 0 Å². The van der Waals surface area contributed by atoms with Crippen LogP contribution in [0.25, 0.3) is 0 Å². The molecule has 0 fully saturated rings. The molecule has 16 heavy (non-hydrogen) atoms. The van der Waals surface area contributed by atoms with Crippen LogP contribution in [0.1, 0.15) is 5.56 Å². The maximum absolute atomic E-state index is 10.4. The molecule has 6 heteroatoms. The van der Waals surface area contributed by atoms with Crippen LogP contribution in [0.4, 0.5) is 4.79 Å². The lowest BCUT2D eigenvalue weighted by Gasteiger charge is -2.04. The Hall–Kier alpha value is -2.08. The number of primary amides is 2. The largest absolute Gasteiger partial charge is 0.480 e. The zero-order valence-electron chi connectivity index (χ0n) is 8.67. The van der Waals surface area contributed by atoms with Crippen LogP contribution in [0, 0.1) is 0 Å². The first-order valence-corrected chi connectivity index (χ1v) is 4.50. The van der Waals surface area contributed by atoms with Gasteiger partial charge in [-0.15, -0.1) is 0 Å². The maximum Gasteiger partial charge on any atom is 0.320 e. The molecule has 0 aliphatic heterocycles. The molecule has 0 aliphatic rings. The van der Waals surface area contributed by atoms with Gasteiger partial charge in [0.2, 0.25) is 0 Å². The second-order valence-corrected chi connectivity index (χ2v) is 3.04. The fourth-order valence-corrected chi connectivity index (χ4v) is 0.955. The van der Waals surface area contributed by atoms with Crippen molar-refractivity contribution >= 4 is 12.0 Å². The zero-order valence-corrected chi connectivity index (χ0v) is 8.67. The lowest BCUT2D eigenvalue weighted by molar-refractivity contribution is -0.138. The number of hydrogen-bond acceptors (Lipinski definition) is 3. The second kappa shape index (κ2) is 7.24. The fourth-order valence-electron chi connectivity index (χ4n) is 0.955. The van der Waals surface area contributed by atoms with Crippen molar-refractivity contribution in [2.24, 2.45) is 17.2 Å². The molecule has 2 amide bonds. The molecule has 0 aliphatic carbocycles. The van der Waals surface area contributed by atoms with Crippen LogP contribution < -0.4 is 17.2 Å². The van der Waals surface area contributed by atoms with Crippen LogP contribution in [0.5, 0.6) is 0 Å². The topological polar surface area (TPSA) is 132 Å². The summed E-state index contributed by atoms with van der Waals surface area (Å²) in [6.07, 6.45) is 0.385. The molecule has 1 atom stereocenters. The molecule has 6 nitrogen and oxygen atoms in total. The number of amides is 2. The fraction of sp³-hybridized carbons (Fsp3) is 0.200. The highest BCUT2D eigenvalue weighted by Gasteiger charge is 2.10. The SMILES string of the molecule is NC(N)=O.N[C@@H](Cc1ccccc1)C(=O)O. The molecule has 1 aromatic carbocycles. The predicted octanol–water partition coefficient (Wildman–Crippen LogP) is -0.335. The van der Waals surface area contributed by atoms with E-state index in [4.69, 9.17) is 15.6 Å². The number of carboxylic acid groups (broad SMARTS) is 1. The van der Waals surface area contributed by atoms with Crippen molar-refractivity contribution in [3.05, 3.63) is 35.9 Å².